The molecule has 0 radical (unpaired) electrons. The van der Waals surface area contributed by atoms with Crippen molar-refractivity contribution in [2.75, 3.05) is 19.4 Å². The smallest absolute Gasteiger partial charge is 0.247 e. The summed E-state index contributed by atoms with van der Waals surface area (Å²) < 4.78 is 0. The Morgan fingerprint density at radius 3 is 1.74 bits per heavy atom. The third-order valence-electron chi connectivity index (χ3n) is 6.73. The molecular weight excluding hydrogens is 586 g/mol. The Kier molecular flexibility index (Phi) is 21.9. The number of nitrogens with one attached hydrogen (secondary N) is 2. The van der Waals surface area contributed by atoms with Gasteiger partial charge >= 0.3 is 0 Å². The minimum absolute atomic E-state index is 0.0726. The van der Waals surface area contributed by atoms with E-state index < -0.39 is 6.04 Å². The zero-order chi connectivity index (χ0) is 34.7. The van der Waals surface area contributed by atoms with Crippen LogP contribution in [-0.4, -0.2) is 48.8 Å². The number of allylic oxidation sites excluding steroid dienone is 12. The summed E-state index contributed by atoms with van der Waals surface area (Å²) in [4.78, 5) is 35.4. The molecule has 0 fully saturated rings. The number of carbonyl (C=O) groups excluding carboxylic acids is 2. The van der Waals surface area contributed by atoms with Gasteiger partial charge in [0.1, 0.15) is 6.04 Å². The second kappa shape index (κ2) is 25.5. The molecule has 0 bridgehead atoms. The Balaban J connectivity index is 2.35. The van der Waals surface area contributed by atoms with Crippen LogP contribution >= 0.6 is 0 Å². The Labute approximate surface area is 283 Å². The van der Waals surface area contributed by atoms with E-state index in [2.05, 4.69) is 94.4 Å². The monoisotopic (exact) mass is 643 g/mol. The van der Waals surface area contributed by atoms with E-state index in [9.17, 15) is 9.59 Å². The van der Waals surface area contributed by atoms with E-state index in [0.29, 0.717) is 25.1 Å². The summed E-state index contributed by atoms with van der Waals surface area (Å²) in [5.74, 6) is -0.126. The van der Waals surface area contributed by atoms with Crippen LogP contribution in [0.1, 0.15) is 77.7 Å². The molecule has 9 nitrogen and oxygen atoms in total. The molecule has 2 amide bonds. The van der Waals surface area contributed by atoms with Gasteiger partial charge in [0.05, 0.1) is 6.54 Å². The zero-order valence-electron chi connectivity index (χ0n) is 29.1. The van der Waals surface area contributed by atoms with Gasteiger partial charge in [-0.25, -0.2) is 4.99 Å². The summed E-state index contributed by atoms with van der Waals surface area (Å²) in [5.41, 5.74) is 13.1. The molecule has 9 heteroatoms. The maximum Gasteiger partial charge on any atom is 0.247 e. The van der Waals surface area contributed by atoms with Crippen molar-refractivity contribution in [2.24, 2.45) is 27.4 Å². The van der Waals surface area contributed by atoms with Crippen LogP contribution in [0.5, 0.6) is 0 Å². The highest BCUT2D eigenvalue weighted by Crippen LogP contribution is 2.13. The molecule has 1 aromatic carbocycles. The minimum atomic E-state index is -0.642. The molecule has 0 unspecified atom stereocenters. The normalized spacial score (nSPS) is 13.7. The number of hydrogen-bond acceptors (Lipinski definition) is 3. The fourth-order valence-electron chi connectivity index (χ4n) is 3.97. The number of amides is 2. The number of rotatable bonds is 20. The molecule has 0 saturated carbocycles. The molecule has 0 aliphatic rings. The van der Waals surface area contributed by atoms with E-state index in [4.69, 9.17) is 11.5 Å². The number of nitrogens with zero attached hydrogens (tertiary/aromatic N) is 3. The predicted molar refractivity (Wildman–Crippen MR) is 200 cm³/mol. The van der Waals surface area contributed by atoms with Crippen molar-refractivity contribution >= 4 is 29.4 Å². The Morgan fingerprint density at radius 2 is 1.28 bits per heavy atom. The second-order valence-corrected chi connectivity index (χ2v) is 11.5. The lowest BCUT2D eigenvalue weighted by Crippen LogP contribution is -2.47. The Morgan fingerprint density at radius 1 is 0.787 bits per heavy atom. The van der Waals surface area contributed by atoms with Crippen LogP contribution in [-0.2, 0) is 16.1 Å². The number of anilines is 1. The molecule has 6 N–H and O–H groups in total. The summed E-state index contributed by atoms with van der Waals surface area (Å²) in [6.07, 6.45) is 32.6. The molecule has 0 saturated heterocycles. The van der Waals surface area contributed by atoms with E-state index >= 15 is 0 Å². The molecular formula is C38H57N7O2. The fourth-order valence-corrected chi connectivity index (χ4v) is 3.97. The van der Waals surface area contributed by atoms with E-state index in [1.807, 2.05) is 32.1 Å². The van der Waals surface area contributed by atoms with Crippen molar-refractivity contribution in [1.82, 2.24) is 10.2 Å². The number of guanidine groups is 2. The Bertz CT molecular complexity index is 1280. The number of benzene rings is 1. The lowest BCUT2D eigenvalue weighted by molar-refractivity contribution is -0.127. The first-order chi connectivity index (χ1) is 22.6. The van der Waals surface area contributed by atoms with E-state index in [1.165, 1.54) is 0 Å². The summed E-state index contributed by atoms with van der Waals surface area (Å²) in [5, 5.41) is 5.78. The van der Waals surface area contributed by atoms with Crippen molar-refractivity contribution in [3.05, 3.63) is 103 Å². The SMILES string of the molecule is CC/C=C\C/C=C\C/C=C\C/C=C\C/C=C\C/C=C\CCC(=O)N[C@H](C(=O)Nc1ccc(CN=C(N)/N=C(\N)N(C)C)cc1)C(C)C. The molecule has 0 aliphatic heterocycles. The standard InChI is InChI=1S/C38H57N7O2/c1-6-7-8-9-10-11-12-13-14-15-16-17-18-19-20-21-22-23-24-25-34(46)43-35(31(2)3)36(47)42-33-28-26-32(27-29-33)30-41-37(39)44-38(40)45(4)5/h7-8,10-11,13-14,16-17,19-20,22-23,26-29,31,35H,6,9,12,15,18,21,24-25,30H2,1-5H3,(H,42,47)(H,43,46)(H4,39,40,41,44)/b8-7-,11-10-,14-13-,17-16-,20-19-,23-22-/t35-/m0/s1. The number of carbonyl (C=O) groups is 2. The maximum atomic E-state index is 13.0. The van der Waals surface area contributed by atoms with Crippen molar-refractivity contribution in [2.45, 2.75) is 84.7 Å². The van der Waals surface area contributed by atoms with Gasteiger partial charge in [0, 0.05) is 26.2 Å². The number of nitrogens with two attached hydrogens (primary N) is 2. The lowest BCUT2D eigenvalue weighted by atomic mass is 10.0. The molecule has 256 valence electrons. The first kappa shape index (κ1) is 40.4. The summed E-state index contributed by atoms with van der Waals surface area (Å²) >= 11 is 0. The van der Waals surface area contributed by atoms with Gasteiger partial charge in [0.2, 0.25) is 17.8 Å². The molecule has 0 aromatic heterocycles. The van der Waals surface area contributed by atoms with Gasteiger partial charge in [0.25, 0.3) is 0 Å². The highest BCUT2D eigenvalue weighted by Gasteiger charge is 2.24. The summed E-state index contributed by atoms with van der Waals surface area (Å²) in [7, 11) is 3.53. The largest absolute Gasteiger partial charge is 0.369 e. The van der Waals surface area contributed by atoms with Crippen molar-refractivity contribution in [1.29, 1.82) is 0 Å². The van der Waals surface area contributed by atoms with Gasteiger partial charge in [-0.1, -0.05) is 106 Å². The van der Waals surface area contributed by atoms with Crippen LogP contribution in [0.4, 0.5) is 5.69 Å². The van der Waals surface area contributed by atoms with Gasteiger partial charge in [-0.15, -0.1) is 0 Å². The van der Waals surface area contributed by atoms with Gasteiger partial charge in [0.15, 0.2) is 5.96 Å². The molecule has 1 rings (SSSR count). The van der Waals surface area contributed by atoms with Gasteiger partial charge in [-0.3, -0.25) is 9.59 Å². The fraction of sp³-hybridized carbons (Fsp3) is 0.421. The highest BCUT2D eigenvalue weighted by molar-refractivity contribution is 5.97. The minimum Gasteiger partial charge on any atom is -0.369 e. The summed E-state index contributed by atoms with van der Waals surface area (Å²) in [6, 6.07) is 6.63. The Hall–Kier alpha value is -4.66. The average Bonchev–Trinajstić information content (AvgIpc) is 3.04. The van der Waals surface area contributed by atoms with Gasteiger partial charge in [-0.05, 0) is 68.6 Å². The molecule has 0 aliphatic carbocycles. The van der Waals surface area contributed by atoms with Gasteiger partial charge in [-0.2, -0.15) is 4.99 Å². The third-order valence-corrected chi connectivity index (χ3v) is 6.73. The molecule has 1 aromatic rings. The van der Waals surface area contributed by atoms with Crippen LogP contribution < -0.4 is 22.1 Å². The van der Waals surface area contributed by atoms with Crippen LogP contribution in [0.2, 0.25) is 0 Å². The maximum absolute atomic E-state index is 13.0. The number of hydrogen-bond donors (Lipinski definition) is 4. The highest BCUT2D eigenvalue weighted by atomic mass is 16.2. The van der Waals surface area contributed by atoms with Gasteiger partial charge < -0.3 is 27.0 Å². The van der Waals surface area contributed by atoms with E-state index in [-0.39, 0.29) is 29.7 Å². The van der Waals surface area contributed by atoms with Crippen LogP contribution in [0.25, 0.3) is 0 Å². The lowest BCUT2D eigenvalue weighted by Gasteiger charge is -2.21. The molecule has 1 atom stereocenters. The van der Waals surface area contributed by atoms with Crippen molar-refractivity contribution in [3.8, 4) is 0 Å². The number of aliphatic imine (C=N–C) groups is 2. The van der Waals surface area contributed by atoms with Crippen molar-refractivity contribution < 1.29 is 9.59 Å². The molecule has 0 heterocycles. The first-order valence-electron chi connectivity index (χ1n) is 16.5. The zero-order valence-corrected chi connectivity index (χ0v) is 29.1. The van der Waals surface area contributed by atoms with Crippen LogP contribution in [0.15, 0.2) is 107 Å². The second-order valence-electron chi connectivity index (χ2n) is 11.5. The quantitative estimate of drug-likeness (QED) is 0.0693. The first-order valence-corrected chi connectivity index (χ1v) is 16.5. The predicted octanol–water partition coefficient (Wildman–Crippen LogP) is 6.93. The van der Waals surface area contributed by atoms with E-state index in [0.717, 1.165) is 44.1 Å². The average molecular weight is 644 g/mol. The topological polar surface area (TPSA) is 138 Å². The van der Waals surface area contributed by atoms with E-state index in [1.54, 1.807) is 31.1 Å². The summed E-state index contributed by atoms with van der Waals surface area (Å²) in [6.45, 7) is 6.29. The van der Waals surface area contributed by atoms with Crippen LogP contribution in [0.3, 0.4) is 0 Å². The molecule has 0 spiro atoms. The molecule has 47 heavy (non-hydrogen) atoms. The van der Waals surface area contributed by atoms with Crippen LogP contribution in [0, 0.1) is 5.92 Å². The van der Waals surface area contributed by atoms with Crippen molar-refractivity contribution in [3.63, 3.8) is 0 Å². The third kappa shape index (κ3) is 20.9.